The summed E-state index contributed by atoms with van der Waals surface area (Å²) < 4.78 is 0.847. The van der Waals surface area contributed by atoms with Crippen LogP contribution in [0.3, 0.4) is 0 Å². The maximum absolute atomic E-state index is 11.1. The highest BCUT2D eigenvalue weighted by Gasteiger charge is 2.22. The van der Waals surface area contributed by atoms with Gasteiger partial charge in [-0.05, 0) is 40.9 Å². The van der Waals surface area contributed by atoms with Crippen molar-refractivity contribution in [1.82, 2.24) is 0 Å². The first-order valence-electron chi connectivity index (χ1n) is 6.06. The number of hydrogen-bond donors (Lipinski definition) is 2. The minimum absolute atomic E-state index is 0.165. The molecular formula is C13H17BrN2O2. The minimum atomic E-state index is -0.985. The standard InChI is InChI=1S/C13H17BrN2O2/c1-16(8-4-2-3-5-8)12-6-9(13(17)18)11(15)7-10(12)14/h6-8H,2-5,15H2,1H3,(H,17,18). The van der Waals surface area contributed by atoms with Crippen LogP contribution in [0.5, 0.6) is 0 Å². The van der Waals surface area contributed by atoms with E-state index in [1.807, 2.05) is 7.05 Å². The lowest BCUT2D eigenvalue weighted by Gasteiger charge is -2.28. The molecule has 18 heavy (non-hydrogen) atoms. The van der Waals surface area contributed by atoms with Gasteiger partial charge in [0.25, 0.3) is 0 Å². The fourth-order valence-electron chi connectivity index (χ4n) is 2.52. The van der Waals surface area contributed by atoms with E-state index < -0.39 is 5.97 Å². The van der Waals surface area contributed by atoms with Crippen LogP contribution in [0, 0.1) is 0 Å². The Morgan fingerprint density at radius 2 is 2.06 bits per heavy atom. The Kier molecular flexibility index (Phi) is 3.80. The van der Waals surface area contributed by atoms with Crippen molar-refractivity contribution in [1.29, 1.82) is 0 Å². The second-order valence-electron chi connectivity index (χ2n) is 4.75. The van der Waals surface area contributed by atoms with Crippen molar-refractivity contribution in [2.24, 2.45) is 0 Å². The number of benzene rings is 1. The predicted octanol–water partition coefficient (Wildman–Crippen LogP) is 3.11. The Hall–Kier alpha value is -1.23. The van der Waals surface area contributed by atoms with Crippen molar-refractivity contribution in [2.75, 3.05) is 17.7 Å². The van der Waals surface area contributed by atoms with Gasteiger partial charge in [0.2, 0.25) is 0 Å². The smallest absolute Gasteiger partial charge is 0.337 e. The first kappa shape index (κ1) is 13.2. The van der Waals surface area contributed by atoms with Gasteiger partial charge in [-0.2, -0.15) is 0 Å². The van der Waals surface area contributed by atoms with E-state index in [2.05, 4.69) is 20.8 Å². The summed E-state index contributed by atoms with van der Waals surface area (Å²) in [4.78, 5) is 13.3. The van der Waals surface area contributed by atoms with Crippen LogP contribution in [0.1, 0.15) is 36.0 Å². The van der Waals surface area contributed by atoms with Crippen LogP contribution in [0.15, 0.2) is 16.6 Å². The number of carboxylic acids is 1. The summed E-state index contributed by atoms with van der Waals surface area (Å²) in [5.74, 6) is -0.985. The average Bonchev–Trinajstić information content (AvgIpc) is 2.81. The summed E-state index contributed by atoms with van der Waals surface area (Å²) in [5, 5.41) is 9.11. The van der Waals surface area contributed by atoms with Gasteiger partial charge in [0.1, 0.15) is 0 Å². The lowest BCUT2D eigenvalue weighted by molar-refractivity contribution is 0.0698. The molecule has 5 heteroatoms. The third-order valence-electron chi connectivity index (χ3n) is 3.60. The molecule has 4 nitrogen and oxygen atoms in total. The molecule has 1 aliphatic carbocycles. The van der Waals surface area contributed by atoms with Crippen LogP contribution in [-0.2, 0) is 0 Å². The van der Waals surface area contributed by atoms with Gasteiger partial charge in [-0.15, -0.1) is 0 Å². The van der Waals surface area contributed by atoms with Crippen molar-refractivity contribution in [2.45, 2.75) is 31.7 Å². The maximum atomic E-state index is 11.1. The Morgan fingerprint density at radius 1 is 1.44 bits per heavy atom. The van der Waals surface area contributed by atoms with E-state index in [4.69, 9.17) is 10.8 Å². The van der Waals surface area contributed by atoms with Gasteiger partial charge >= 0.3 is 5.97 Å². The summed E-state index contributed by atoms with van der Waals surface area (Å²) in [5.41, 5.74) is 7.07. The Balaban J connectivity index is 2.37. The van der Waals surface area contributed by atoms with Crippen molar-refractivity contribution < 1.29 is 9.90 Å². The lowest BCUT2D eigenvalue weighted by atomic mass is 10.1. The fourth-order valence-corrected chi connectivity index (χ4v) is 3.16. The SMILES string of the molecule is CN(c1cc(C(=O)O)c(N)cc1Br)C1CCCC1. The van der Waals surface area contributed by atoms with Crippen LogP contribution >= 0.6 is 15.9 Å². The number of carboxylic acid groups (broad SMARTS) is 1. The molecule has 0 aliphatic heterocycles. The van der Waals surface area contributed by atoms with Gasteiger partial charge in [-0.1, -0.05) is 12.8 Å². The van der Waals surface area contributed by atoms with Crippen LogP contribution < -0.4 is 10.6 Å². The molecule has 3 N–H and O–H groups in total. The molecule has 98 valence electrons. The molecule has 1 aliphatic rings. The molecule has 2 rings (SSSR count). The van der Waals surface area contributed by atoms with E-state index in [-0.39, 0.29) is 11.3 Å². The number of hydrogen-bond acceptors (Lipinski definition) is 3. The maximum Gasteiger partial charge on any atom is 0.337 e. The molecule has 0 atom stereocenters. The molecule has 0 bridgehead atoms. The van der Waals surface area contributed by atoms with Crippen molar-refractivity contribution in [3.8, 4) is 0 Å². The number of rotatable bonds is 3. The molecule has 0 unspecified atom stereocenters. The molecule has 1 aromatic carbocycles. The van der Waals surface area contributed by atoms with Gasteiger partial charge < -0.3 is 15.7 Å². The first-order chi connectivity index (χ1) is 8.50. The number of carbonyl (C=O) groups is 1. The number of halogens is 1. The Morgan fingerprint density at radius 3 is 2.61 bits per heavy atom. The van der Waals surface area contributed by atoms with Gasteiger partial charge in [-0.3, -0.25) is 0 Å². The van der Waals surface area contributed by atoms with E-state index >= 15 is 0 Å². The molecular weight excluding hydrogens is 296 g/mol. The van der Waals surface area contributed by atoms with E-state index in [9.17, 15) is 4.79 Å². The molecule has 0 spiro atoms. The van der Waals surface area contributed by atoms with Crippen LogP contribution in [-0.4, -0.2) is 24.2 Å². The van der Waals surface area contributed by atoms with Crippen LogP contribution in [0.2, 0.25) is 0 Å². The molecule has 0 radical (unpaired) electrons. The minimum Gasteiger partial charge on any atom is -0.478 e. The Bertz CT molecular complexity index is 470. The second-order valence-corrected chi connectivity index (χ2v) is 5.60. The highest BCUT2D eigenvalue weighted by molar-refractivity contribution is 9.10. The topological polar surface area (TPSA) is 66.6 Å². The molecule has 1 saturated carbocycles. The van der Waals surface area contributed by atoms with Gasteiger partial charge in [0.05, 0.1) is 11.3 Å². The Labute approximate surface area is 115 Å². The van der Waals surface area contributed by atoms with Crippen molar-refractivity contribution in [3.63, 3.8) is 0 Å². The summed E-state index contributed by atoms with van der Waals surface area (Å²) in [6.45, 7) is 0. The number of nitrogens with zero attached hydrogens (tertiary/aromatic N) is 1. The summed E-state index contributed by atoms with van der Waals surface area (Å²) in [7, 11) is 2.01. The third kappa shape index (κ3) is 2.46. The highest BCUT2D eigenvalue weighted by atomic mass is 79.9. The molecule has 1 fully saturated rings. The zero-order chi connectivity index (χ0) is 13.3. The predicted molar refractivity (Wildman–Crippen MR) is 76.2 cm³/mol. The summed E-state index contributed by atoms with van der Waals surface area (Å²) in [6, 6.07) is 3.82. The summed E-state index contributed by atoms with van der Waals surface area (Å²) >= 11 is 3.46. The third-order valence-corrected chi connectivity index (χ3v) is 4.24. The fraction of sp³-hybridized carbons (Fsp3) is 0.462. The van der Waals surface area contributed by atoms with Crippen LogP contribution in [0.4, 0.5) is 11.4 Å². The normalized spacial score (nSPS) is 15.9. The van der Waals surface area contributed by atoms with E-state index in [1.54, 1.807) is 12.1 Å². The largest absolute Gasteiger partial charge is 0.478 e. The van der Waals surface area contributed by atoms with Gasteiger partial charge in [0.15, 0.2) is 0 Å². The highest BCUT2D eigenvalue weighted by Crippen LogP contribution is 2.34. The second kappa shape index (κ2) is 5.18. The monoisotopic (exact) mass is 312 g/mol. The average molecular weight is 313 g/mol. The van der Waals surface area contributed by atoms with Gasteiger partial charge in [-0.25, -0.2) is 4.79 Å². The molecule has 0 amide bonds. The van der Waals surface area contributed by atoms with Crippen LogP contribution in [0.25, 0.3) is 0 Å². The van der Waals surface area contributed by atoms with E-state index in [0.29, 0.717) is 6.04 Å². The summed E-state index contributed by atoms with van der Waals surface area (Å²) in [6.07, 6.45) is 4.81. The first-order valence-corrected chi connectivity index (χ1v) is 6.85. The van der Waals surface area contributed by atoms with Gasteiger partial charge in [0, 0.05) is 23.2 Å². The molecule has 1 aromatic rings. The zero-order valence-electron chi connectivity index (χ0n) is 10.3. The molecule has 0 aromatic heterocycles. The van der Waals surface area contributed by atoms with E-state index in [1.165, 1.54) is 12.8 Å². The zero-order valence-corrected chi connectivity index (χ0v) is 11.9. The number of anilines is 2. The number of aromatic carboxylic acids is 1. The number of nitrogen functional groups attached to an aromatic ring is 1. The van der Waals surface area contributed by atoms with Crippen molar-refractivity contribution >= 4 is 33.3 Å². The van der Waals surface area contributed by atoms with E-state index in [0.717, 1.165) is 23.0 Å². The molecule has 0 heterocycles. The number of nitrogens with two attached hydrogens (primary N) is 1. The quantitative estimate of drug-likeness (QED) is 0.842. The van der Waals surface area contributed by atoms with Crippen molar-refractivity contribution in [3.05, 3.63) is 22.2 Å². The molecule has 0 saturated heterocycles. The lowest BCUT2D eigenvalue weighted by Crippen LogP contribution is -2.29.